The quantitative estimate of drug-likeness (QED) is 0.687. The van der Waals surface area contributed by atoms with Gasteiger partial charge in [-0.3, -0.25) is 4.79 Å². The minimum absolute atomic E-state index is 0.0546. The molecule has 0 aliphatic heterocycles. The number of hydrogen-bond donors (Lipinski definition) is 1. The van der Waals surface area contributed by atoms with Crippen LogP contribution in [0.2, 0.25) is 0 Å². The summed E-state index contributed by atoms with van der Waals surface area (Å²) in [5.41, 5.74) is 0.755. The maximum atomic E-state index is 13.4. The van der Waals surface area contributed by atoms with Crippen LogP contribution in [0.4, 0.5) is 10.1 Å². The summed E-state index contributed by atoms with van der Waals surface area (Å²) in [6.07, 6.45) is 1.46. The van der Waals surface area contributed by atoms with Crippen LogP contribution in [-0.4, -0.2) is 5.91 Å². The first kappa shape index (κ1) is 13.0. The van der Waals surface area contributed by atoms with E-state index in [9.17, 15) is 9.18 Å². The van der Waals surface area contributed by atoms with Crippen molar-refractivity contribution in [3.8, 4) is 6.07 Å². The Bertz CT molecular complexity index is 656. The van der Waals surface area contributed by atoms with Gasteiger partial charge in [0.2, 0.25) is 0 Å². The maximum Gasteiger partial charge on any atom is 0.266 e. The third kappa shape index (κ3) is 3.27. The summed E-state index contributed by atoms with van der Waals surface area (Å²) < 4.78 is 13.4. The van der Waals surface area contributed by atoms with Gasteiger partial charge in [0.05, 0.1) is 5.69 Å². The number of anilines is 1. The third-order valence-electron chi connectivity index (χ3n) is 2.34. The van der Waals surface area contributed by atoms with Crippen LogP contribution < -0.4 is 5.32 Å². The number of para-hydroxylation sites is 1. The zero-order valence-electron chi connectivity index (χ0n) is 9.76. The van der Waals surface area contributed by atoms with Crippen LogP contribution in [0.3, 0.4) is 0 Å². The number of nitriles is 1. The van der Waals surface area contributed by atoms with Gasteiger partial charge >= 0.3 is 0 Å². The first-order valence-electron chi connectivity index (χ1n) is 5.40. The van der Waals surface area contributed by atoms with Crippen molar-refractivity contribution in [2.45, 2.75) is 0 Å². The summed E-state index contributed by atoms with van der Waals surface area (Å²) >= 11 is 1.46. The molecule has 0 saturated heterocycles. The molecule has 2 aromatic rings. The van der Waals surface area contributed by atoms with Crippen molar-refractivity contribution in [2.75, 3.05) is 5.32 Å². The van der Waals surface area contributed by atoms with Gasteiger partial charge in [0.1, 0.15) is 17.5 Å². The normalized spacial score (nSPS) is 10.8. The summed E-state index contributed by atoms with van der Waals surface area (Å²) in [7, 11) is 0. The highest BCUT2D eigenvalue weighted by Gasteiger charge is 2.11. The average molecular weight is 272 g/mol. The van der Waals surface area contributed by atoms with E-state index in [0.29, 0.717) is 0 Å². The van der Waals surface area contributed by atoms with Crippen molar-refractivity contribution in [3.05, 3.63) is 58.0 Å². The molecule has 1 aromatic heterocycles. The highest BCUT2D eigenvalue weighted by molar-refractivity contribution is 7.08. The van der Waals surface area contributed by atoms with Gasteiger partial charge in [-0.25, -0.2) is 4.39 Å². The van der Waals surface area contributed by atoms with Crippen molar-refractivity contribution in [1.29, 1.82) is 5.26 Å². The van der Waals surface area contributed by atoms with E-state index in [0.717, 1.165) is 5.56 Å². The number of hydrogen-bond acceptors (Lipinski definition) is 3. The lowest BCUT2D eigenvalue weighted by Gasteiger charge is -2.04. The lowest BCUT2D eigenvalue weighted by atomic mass is 10.2. The Morgan fingerprint density at radius 3 is 2.79 bits per heavy atom. The van der Waals surface area contributed by atoms with Gasteiger partial charge in [-0.2, -0.15) is 16.6 Å². The Labute approximate surface area is 113 Å². The van der Waals surface area contributed by atoms with E-state index in [1.54, 1.807) is 12.1 Å². The molecule has 0 spiro atoms. The standard InChI is InChI=1S/C14H9FN2OS/c15-12-3-1-2-4-13(12)17-14(18)11(8-16)7-10-5-6-19-9-10/h1-7,9H,(H,17,18)/b11-7+. The second kappa shape index (κ2) is 5.94. The summed E-state index contributed by atoms with van der Waals surface area (Å²) in [5, 5.41) is 15.0. The molecule has 0 saturated carbocycles. The molecule has 1 heterocycles. The molecule has 5 heteroatoms. The SMILES string of the molecule is N#C/C(=C\c1ccsc1)C(=O)Nc1ccccc1F. The smallest absolute Gasteiger partial charge is 0.266 e. The van der Waals surface area contributed by atoms with E-state index in [4.69, 9.17) is 5.26 Å². The lowest BCUT2D eigenvalue weighted by Crippen LogP contribution is -2.14. The zero-order chi connectivity index (χ0) is 13.7. The number of halogens is 1. The fourth-order valence-corrected chi connectivity index (χ4v) is 2.04. The van der Waals surface area contributed by atoms with Gasteiger partial charge in [-0.05, 0) is 40.6 Å². The van der Waals surface area contributed by atoms with Crippen LogP contribution in [-0.2, 0) is 4.79 Å². The van der Waals surface area contributed by atoms with Gasteiger partial charge in [-0.15, -0.1) is 0 Å². The Hall–Kier alpha value is -2.45. The molecule has 2 rings (SSSR count). The number of nitrogens with zero attached hydrogens (tertiary/aromatic N) is 1. The van der Waals surface area contributed by atoms with Crippen LogP contribution in [0.15, 0.2) is 46.7 Å². The van der Waals surface area contributed by atoms with Gasteiger partial charge in [0.25, 0.3) is 5.91 Å². The van der Waals surface area contributed by atoms with Gasteiger partial charge in [-0.1, -0.05) is 12.1 Å². The highest BCUT2D eigenvalue weighted by atomic mass is 32.1. The van der Waals surface area contributed by atoms with Crippen LogP contribution in [0, 0.1) is 17.1 Å². The first-order chi connectivity index (χ1) is 9.20. The first-order valence-corrected chi connectivity index (χ1v) is 6.35. The van der Waals surface area contributed by atoms with E-state index in [1.807, 2.05) is 16.8 Å². The molecule has 0 radical (unpaired) electrons. The molecule has 94 valence electrons. The van der Waals surface area contributed by atoms with Crippen molar-refractivity contribution in [2.24, 2.45) is 0 Å². The minimum Gasteiger partial charge on any atom is -0.319 e. The molecule has 1 N–H and O–H groups in total. The van der Waals surface area contributed by atoms with E-state index in [1.165, 1.54) is 35.6 Å². The topological polar surface area (TPSA) is 52.9 Å². The summed E-state index contributed by atoms with van der Waals surface area (Å²) in [6, 6.07) is 9.41. The van der Waals surface area contributed by atoms with E-state index >= 15 is 0 Å². The minimum atomic E-state index is -0.626. The predicted molar refractivity (Wildman–Crippen MR) is 72.9 cm³/mol. The molecule has 0 aliphatic rings. The number of rotatable bonds is 3. The van der Waals surface area contributed by atoms with E-state index in [-0.39, 0.29) is 11.3 Å². The van der Waals surface area contributed by atoms with Crippen LogP contribution in [0.25, 0.3) is 6.08 Å². The summed E-state index contributed by atoms with van der Waals surface area (Å²) in [6.45, 7) is 0. The Morgan fingerprint density at radius 1 is 1.37 bits per heavy atom. The summed E-state index contributed by atoms with van der Waals surface area (Å²) in [5.74, 6) is -1.16. The highest BCUT2D eigenvalue weighted by Crippen LogP contribution is 2.15. The molecule has 0 atom stereocenters. The molecule has 0 fully saturated rings. The number of benzene rings is 1. The number of carbonyl (C=O) groups excluding carboxylic acids is 1. The molecule has 0 aliphatic carbocycles. The molecule has 0 bridgehead atoms. The average Bonchev–Trinajstić information content (AvgIpc) is 2.91. The van der Waals surface area contributed by atoms with Crippen molar-refractivity contribution >= 4 is 29.0 Å². The Balaban J connectivity index is 2.19. The zero-order valence-corrected chi connectivity index (χ0v) is 10.6. The van der Waals surface area contributed by atoms with Gasteiger partial charge in [0, 0.05) is 0 Å². The monoisotopic (exact) mass is 272 g/mol. The van der Waals surface area contributed by atoms with Gasteiger partial charge < -0.3 is 5.32 Å². The molecule has 19 heavy (non-hydrogen) atoms. The largest absolute Gasteiger partial charge is 0.319 e. The number of amides is 1. The molecule has 1 amide bonds. The van der Waals surface area contributed by atoms with E-state index < -0.39 is 11.7 Å². The number of nitrogens with one attached hydrogen (secondary N) is 1. The predicted octanol–water partition coefficient (Wildman–Crippen LogP) is 3.43. The van der Waals surface area contributed by atoms with Crippen LogP contribution >= 0.6 is 11.3 Å². The van der Waals surface area contributed by atoms with Crippen molar-refractivity contribution in [3.63, 3.8) is 0 Å². The molecule has 3 nitrogen and oxygen atoms in total. The Kier molecular flexibility index (Phi) is 4.06. The van der Waals surface area contributed by atoms with Crippen LogP contribution in [0.1, 0.15) is 5.56 Å². The molecule has 0 unspecified atom stereocenters. The molecular formula is C14H9FN2OS. The van der Waals surface area contributed by atoms with Crippen LogP contribution in [0.5, 0.6) is 0 Å². The van der Waals surface area contributed by atoms with Crippen molar-refractivity contribution in [1.82, 2.24) is 0 Å². The van der Waals surface area contributed by atoms with Gasteiger partial charge in [0.15, 0.2) is 0 Å². The van der Waals surface area contributed by atoms with E-state index in [2.05, 4.69) is 5.32 Å². The van der Waals surface area contributed by atoms with Crippen molar-refractivity contribution < 1.29 is 9.18 Å². The fraction of sp³-hybridized carbons (Fsp3) is 0. The molecular weight excluding hydrogens is 263 g/mol. The fourth-order valence-electron chi connectivity index (χ4n) is 1.42. The number of thiophene rings is 1. The maximum absolute atomic E-state index is 13.4. The second-order valence-corrected chi connectivity index (χ2v) is 4.44. The summed E-state index contributed by atoms with van der Waals surface area (Å²) in [4.78, 5) is 11.9. The molecule has 1 aromatic carbocycles. The Morgan fingerprint density at radius 2 is 2.16 bits per heavy atom. The third-order valence-corrected chi connectivity index (χ3v) is 3.04. The second-order valence-electron chi connectivity index (χ2n) is 3.66. The number of carbonyl (C=O) groups is 1. The lowest BCUT2D eigenvalue weighted by molar-refractivity contribution is -0.112.